The molecule has 60 valence electrons. The first-order valence-electron chi connectivity index (χ1n) is 2.72. The molecule has 0 bridgehead atoms. The van der Waals surface area contributed by atoms with Gasteiger partial charge in [0.05, 0.1) is 0 Å². The highest BCUT2D eigenvalue weighted by Gasteiger charge is 2.31. The number of thiol groups is 1. The van der Waals surface area contributed by atoms with Crippen LogP contribution >= 0.6 is 12.6 Å². The minimum absolute atomic E-state index is 0.415. The first kappa shape index (κ1) is 8.39. The molecule has 0 aliphatic rings. The van der Waals surface area contributed by atoms with E-state index in [4.69, 9.17) is 0 Å². The van der Waals surface area contributed by atoms with E-state index in [1.54, 1.807) is 0 Å². The van der Waals surface area contributed by atoms with E-state index in [1.807, 2.05) is 0 Å². The summed E-state index contributed by atoms with van der Waals surface area (Å²) in [6.45, 7) is 0. The van der Waals surface area contributed by atoms with Crippen molar-refractivity contribution in [2.24, 2.45) is 0 Å². The molecule has 0 aromatic carbocycles. The maximum atomic E-state index is 11.8. The minimum atomic E-state index is -4.36. The molecular formula is C6H4F3NS. The smallest absolute Gasteiger partial charge is 0.251 e. The molecule has 0 amide bonds. The van der Waals surface area contributed by atoms with Crippen molar-refractivity contribution >= 4 is 12.6 Å². The van der Waals surface area contributed by atoms with Crippen molar-refractivity contribution < 1.29 is 13.2 Å². The van der Waals surface area contributed by atoms with Crippen LogP contribution in [0.4, 0.5) is 13.2 Å². The number of nitrogens with zero attached hydrogens (tertiary/aromatic N) is 1. The summed E-state index contributed by atoms with van der Waals surface area (Å²) in [7, 11) is 0. The lowest BCUT2D eigenvalue weighted by atomic mass is 10.3. The van der Waals surface area contributed by atoms with Gasteiger partial charge in [-0.2, -0.15) is 13.2 Å². The van der Waals surface area contributed by atoms with Gasteiger partial charge >= 0.3 is 6.18 Å². The summed E-state index contributed by atoms with van der Waals surface area (Å²) in [6.07, 6.45) is -3.30. The van der Waals surface area contributed by atoms with Gasteiger partial charge in [-0.3, -0.25) is 4.98 Å². The maximum absolute atomic E-state index is 11.8. The van der Waals surface area contributed by atoms with Gasteiger partial charge in [-0.15, -0.1) is 12.6 Å². The summed E-state index contributed by atoms with van der Waals surface area (Å²) >= 11 is 3.80. The average molecular weight is 179 g/mol. The third kappa shape index (κ3) is 2.11. The van der Waals surface area contributed by atoms with E-state index < -0.39 is 11.9 Å². The Morgan fingerprint density at radius 1 is 1.27 bits per heavy atom. The van der Waals surface area contributed by atoms with Crippen LogP contribution in [0, 0.1) is 0 Å². The van der Waals surface area contributed by atoms with Crippen LogP contribution < -0.4 is 0 Å². The number of pyridine rings is 1. The van der Waals surface area contributed by atoms with Gasteiger partial charge in [-0.25, -0.2) is 0 Å². The summed E-state index contributed by atoms with van der Waals surface area (Å²) in [6, 6.07) is 2.14. The Morgan fingerprint density at radius 2 is 1.91 bits per heavy atom. The number of rotatable bonds is 0. The molecule has 1 aromatic rings. The number of aromatic nitrogens is 1. The summed E-state index contributed by atoms with van der Waals surface area (Å²) in [4.78, 5) is 3.56. The standard InChI is InChI=1S/C6H4F3NS/c7-6(8,9)5-2-1-4(11)3-10-5/h1-3,11H. The van der Waals surface area contributed by atoms with Crippen LogP contribution in [0.2, 0.25) is 0 Å². The molecule has 0 aliphatic carbocycles. The minimum Gasteiger partial charge on any atom is -0.251 e. The molecule has 0 saturated heterocycles. The number of halogens is 3. The normalized spacial score (nSPS) is 11.6. The second-order valence-electron chi connectivity index (χ2n) is 1.90. The Balaban J connectivity index is 2.99. The van der Waals surface area contributed by atoms with Gasteiger partial charge < -0.3 is 0 Å². The molecular weight excluding hydrogens is 175 g/mol. The molecule has 0 spiro atoms. The molecule has 1 heterocycles. The van der Waals surface area contributed by atoms with E-state index in [9.17, 15) is 13.2 Å². The first-order chi connectivity index (χ1) is 5.00. The Kier molecular flexibility index (Phi) is 2.08. The van der Waals surface area contributed by atoms with Gasteiger partial charge in [-0.05, 0) is 12.1 Å². The van der Waals surface area contributed by atoms with Crippen LogP contribution in [0.15, 0.2) is 23.2 Å². The molecule has 0 aliphatic heterocycles. The van der Waals surface area contributed by atoms with E-state index in [2.05, 4.69) is 17.6 Å². The van der Waals surface area contributed by atoms with Gasteiger partial charge in [0.1, 0.15) is 5.69 Å². The second kappa shape index (κ2) is 2.73. The molecule has 1 rings (SSSR count). The lowest BCUT2D eigenvalue weighted by Gasteiger charge is -2.03. The molecule has 0 N–H and O–H groups in total. The van der Waals surface area contributed by atoms with Crippen molar-refractivity contribution in [1.82, 2.24) is 4.98 Å². The lowest BCUT2D eigenvalue weighted by molar-refractivity contribution is -0.141. The summed E-state index contributed by atoms with van der Waals surface area (Å²) < 4.78 is 35.5. The monoisotopic (exact) mass is 179 g/mol. The Hall–Kier alpha value is -0.710. The first-order valence-corrected chi connectivity index (χ1v) is 3.17. The van der Waals surface area contributed by atoms with Crippen molar-refractivity contribution in [2.45, 2.75) is 11.1 Å². The van der Waals surface area contributed by atoms with Crippen molar-refractivity contribution in [1.29, 1.82) is 0 Å². The van der Waals surface area contributed by atoms with Crippen LogP contribution in [0.1, 0.15) is 5.69 Å². The zero-order chi connectivity index (χ0) is 8.48. The molecule has 0 unspecified atom stereocenters. The zero-order valence-electron chi connectivity index (χ0n) is 5.26. The van der Waals surface area contributed by atoms with Crippen molar-refractivity contribution in [3.63, 3.8) is 0 Å². The number of alkyl halides is 3. The molecule has 1 nitrogen and oxygen atoms in total. The molecule has 0 fully saturated rings. The van der Waals surface area contributed by atoms with E-state index >= 15 is 0 Å². The van der Waals surface area contributed by atoms with Gasteiger partial charge in [0.2, 0.25) is 0 Å². The van der Waals surface area contributed by atoms with E-state index in [-0.39, 0.29) is 0 Å². The predicted molar refractivity (Wildman–Crippen MR) is 36.5 cm³/mol. The van der Waals surface area contributed by atoms with Crippen LogP contribution in [0.25, 0.3) is 0 Å². The molecule has 0 atom stereocenters. The van der Waals surface area contributed by atoms with Gasteiger partial charge in [0.15, 0.2) is 0 Å². The highest BCUT2D eigenvalue weighted by Crippen LogP contribution is 2.27. The van der Waals surface area contributed by atoms with Crippen LogP contribution in [0.5, 0.6) is 0 Å². The summed E-state index contributed by atoms with van der Waals surface area (Å²) in [5.41, 5.74) is -0.893. The van der Waals surface area contributed by atoms with Crippen molar-refractivity contribution in [2.75, 3.05) is 0 Å². The largest absolute Gasteiger partial charge is 0.433 e. The Morgan fingerprint density at radius 3 is 2.27 bits per heavy atom. The molecule has 0 radical (unpaired) electrons. The average Bonchev–Trinajstić information content (AvgIpc) is 1.86. The molecule has 1 aromatic heterocycles. The summed E-state index contributed by atoms with van der Waals surface area (Å²) in [5, 5.41) is 0. The number of hydrogen-bond donors (Lipinski definition) is 1. The second-order valence-corrected chi connectivity index (χ2v) is 2.42. The molecule has 5 heteroatoms. The van der Waals surface area contributed by atoms with Gasteiger partial charge in [0.25, 0.3) is 0 Å². The van der Waals surface area contributed by atoms with Gasteiger partial charge in [0, 0.05) is 11.1 Å². The van der Waals surface area contributed by atoms with Crippen LogP contribution in [-0.2, 0) is 6.18 Å². The highest BCUT2D eigenvalue weighted by molar-refractivity contribution is 7.80. The molecule has 0 saturated carbocycles. The quantitative estimate of drug-likeness (QED) is 0.603. The summed E-state index contributed by atoms with van der Waals surface area (Å²) in [5.74, 6) is 0. The predicted octanol–water partition coefficient (Wildman–Crippen LogP) is 2.39. The topological polar surface area (TPSA) is 12.9 Å². The highest BCUT2D eigenvalue weighted by atomic mass is 32.1. The SMILES string of the molecule is FC(F)(F)c1ccc(S)cn1. The van der Waals surface area contributed by atoms with Crippen LogP contribution in [-0.4, -0.2) is 4.98 Å². The third-order valence-electron chi connectivity index (χ3n) is 1.04. The Labute approximate surface area is 66.7 Å². The van der Waals surface area contributed by atoms with Gasteiger partial charge in [-0.1, -0.05) is 0 Å². The fraction of sp³-hybridized carbons (Fsp3) is 0.167. The van der Waals surface area contributed by atoms with Crippen LogP contribution in [0.3, 0.4) is 0 Å². The Bertz CT molecular complexity index is 241. The van der Waals surface area contributed by atoms with E-state index in [0.29, 0.717) is 4.90 Å². The lowest BCUT2D eigenvalue weighted by Crippen LogP contribution is -2.06. The van der Waals surface area contributed by atoms with Crippen molar-refractivity contribution in [3.05, 3.63) is 24.0 Å². The third-order valence-corrected chi connectivity index (χ3v) is 1.30. The fourth-order valence-electron chi connectivity index (χ4n) is 0.554. The fourth-order valence-corrected chi connectivity index (χ4v) is 0.686. The maximum Gasteiger partial charge on any atom is 0.433 e. The van der Waals surface area contributed by atoms with E-state index in [0.717, 1.165) is 12.3 Å². The zero-order valence-corrected chi connectivity index (χ0v) is 6.15. The van der Waals surface area contributed by atoms with E-state index in [1.165, 1.54) is 6.07 Å². The van der Waals surface area contributed by atoms with Crippen molar-refractivity contribution in [3.8, 4) is 0 Å². The number of hydrogen-bond acceptors (Lipinski definition) is 2. The molecule has 11 heavy (non-hydrogen) atoms.